The molecule has 0 atom stereocenters. The number of nitrogens with one attached hydrogen (secondary N) is 2. The Hall–Kier alpha value is -3.51. The number of hydrazone groups is 1. The first-order valence-corrected chi connectivity index (χ1v) is 8.78. The van der Waals surface area contributed by atoms with Crippen molar-refractivity contribution in [1.82, 2.24) is 10.4 Å². The lowest BCUT2D eigenvalue weighted by Gasteiger charge is -2.10. The van der Waals surface area contributed by atoms with Crippen LogP contribution in [0.1, 0.15) is 5.56 Å². The van der Waals surface area contributed by atoms with Crippen LogP contribution in [0.2, 0.25) is 0 Å². The number of pyridine rings is 1. The average Bonchev–Trinajstić information content (AvgIpc) is 2.68. The summed E-state index contributed by atoms with van der Waals surface area (Å²) in [5, 5.41) is 19.4. The Morgan fingerprint density at radius 3 is 2.63 bits per heavy atom. The minimum atomic E-state index is 0.159. The van der Waals surface area contributed by atoms with Crippen molar-refractivity contribution in [2.45, 2.75) is 0 Å². The summed E-state index contributed by atoms with van der Waals surface area (Å²) in [4.78, 5) is 4.75. The normalized spacial score (nSPS) is 11.1. The average molecular weight is 372 g/mol. The molecule has 0 aliphatic carbocycles. The van der Waals surface area contributed by atoms with Gasteiger partial charge in [0.1, 0.15) is 5.75 Å². The molecule has 27 heavy (non-hydrogen) atoms. The highest BCUT2D eigenvalue weighted by atomic mass is 32.1. The fourth-order valence-electron chi connectivity index (χ4n) is 2.81. The SMILES string of the molecule is Oc1ccccc1/C=N/NC(=S)Nc1cccc2cc3ccccc3nc12. The monoisotopic (exact) mass is 372 g/mol. The van der Waals surface area contributed by atoms with Crippen LogP contribution in [0.5, 0.6) is 5.75 Å². The predicted octanol–water partition coefficient (Wildman–Crippen LogP) is 4.41. The van der Waals surface area contributed by atoms with Gasteiger partial charge in [0.05, 0.1) is 22.9 Å². The number of rotatable bonds is 3. The molecule has 0 saturated carbocycles. The molecule has 4 aromatic rings. The molecule has 0 aliphatic rings. The standard InChI is InChI=1S/C21H16N4OS/c26-19-11-4-2-7-16(19)13-22-25-21(27)24-18-10-5-8-15-12-14-6-1-3-9-17(14)23-20(15)18/h1-13,26H,(H2,24,25,27)/b22-13+. The van der Waals surface area contributed by atoms with Crippen LogP contribution in [0.4, 0.5) is 5.69 Å². The van der Waals surface area contributed by atoms with Gasteiger partial charge in [0.2, 0.25) is 0 Å². The van der Waals surface area contributed by atoms with E-state index in [-0.39, 0.29) is 5.75 Å². The molecule has 3 N–H and O–H groups in total. The van der Waals surface area contributed by atoms with Crippen LogP contribution < -0.4 is 10.7 Å². The summed E-state index contributed by atoms with van der Waals surface area (Å²) in [6.07, 6.45) is 1.51. The van der Waals surface area contributed by atoms with E-state index in [0.717, 1.165) is 27.5 Å². The van der Waals surface area contributed by atoms with Crippen molar-refractivity contribution in [2.75, 3.05) is 5.32 Å². The minimum Gasteiger partial charge on any atom is -0.507 e. The van der Waals surface area contributed by atoms with Crippen molar-refractivity contribution >= 4 is 51.0 Å². The van der Waals surface area contributed by atoms with Gasteiger partial charge in [0.15, 0.2) is 5.11 Å². The van der Waals surface area contributed by atoms with Gasteiger partial charge >= 0.3 is 0 Å². The van der Waals surface area contributed by atoms with E-state index >= 15 is 0 Å². The topological polar surface area (TPSA) is 69.5 Å². The van der Waals surface area contributed by atoms with Crippen LogP contribution >= 0.6 is 12.2 Å². The second kappa shape index (κ2) is 7.39. The summed E-state index contributed by atoms with van der Waals surface area (Å²) in [5.74, 6) is 0.159. The zero-order valence-electron chi connectivity index (χ0n) is 14.3. The maximum Gasteiger partial charge on any atom is 0.191 e. The number of aromatic nitrogens is 1. The number of hydrogen-bond donors (Lipinski definition) is 3. The van der Waals surface area contributed by atoms with Gasteiger partial charge in [0.25, 0.3) is 0 Å². The third-order valence-corrected chi connectivity index (χ3v) is 4.30. The number of anilines is 1. The van der Waals surface area contributed by atoms with Crippen molar-refractivity contribution in [3.63, 3.8) is 0 Å². The van der Waals surface area contributed by atoms with Gasteiger partial charge in [0, 0.05) is 16.3 Å². The number of phenols is 1. The molecule has 0 radical (unpaired) electrons. The molecule has 0 bridgehead atoms. The van der Waals surface area contributed by atoms with E-state index in [2.05, 4.69) is 21.9 Å². The van der Waals surface area contributed by atoms with Gasteiger partial charge in [-0.1, -0.05) is 42.5 Å². The van der Waals surface area contributed by atoms with Crippen molar-refractivity contribution in [2.24, 2.45) is 5.10 Å². The number of benzene rings is 3. The quantitative estimate of drug-likeness (QED) is 0.215. The predicted molar refractivity (Wildman–Crippen MR) is 114 cm³/mol. The molecule has 0 aliphatic heterocycles. The second-order valence-electron chi connectivity index (χ2n) is 5.94. The number of fused-ring (bicyclic) bond motifs is 2. The lowest BCUT2D eigenvalue weighted by atomic mass is 10.1. The molecule has 0 unspecified atom stereocenters. The number of para-hydroxylation sites is 3. The van der Waals surface area contributed by atoms with Gasteiger partial charge in [-0.15, -0.1) is 0 Å². The fraction of sp³-hybridized carbons (Fsp3) is 0. The lowest BCUT2D eigenvalue weighted by Crippen LogP contribution is -2.24. The summed E-state index contributed by atoms with van der Waals surface area (Å²) >= 11 is 5.32. The van der Waals surface area contributed by atoms with Crippen LogP contribution in [0.15, 0.2) is 77.9 Å². The number of thiocarbonyl (C=S) groups is 1. The second-order valence-corrected chi connectivity index (χ2v) is 6.35. The molecule has 6 heteroatoms. The van der Waals surface area contributed by atoms with Gasteiger partial charge in [-0.05, 0) is 42.5 Å². The third kappa shape index (κ3) is 3.70. The highest BCUT2D eigenvalue weighted by Crippen LogP contribution is 2.25. The van der Waals surface area contributed by atoms with E-state index in [4.69, 9.17) is 17.2 Å². The van der Waals surface area contributed by atoms with E-state index < -0.39 is 0 Å². The Bertz CT molecular complexity index is 1170. The molecule has 4 rings (SSSR count). The lowest BCUT2D eigenvalue weighted by molar-refractivity contribution is 0.474. The Morgan fingerprint density at radius 2 is 1.74 bits per heavy atom. The summed E-state index contributed by atoms with van der Waals surface area (Å²) in [7, 11) is 0. The molecule has 0 saturated heterocycles. The third-order valence-electron chi connectivity index (χ3n) is 4.10. The van der Waals surface area contributed by atoms with E-state index in [1.807, 2.05) is 48.5 Å². The molecular formula is C21H16N4OS. The molecular weight excluding hydrogens is 356 g/mol. The smallest absolute Gasteiger partial charge is 0.191 e. The first kappa shape index (κ1) is 16.9. The van der Waals surface area contributed by atoms with Crippen LogP contribution in [0.25, 0.3) is 21.8 Å². The Balaban J connectivity index is 1.55. The molecule has 0 fully saturated rings. The Kier molecular flexibility index (Phi) is 4.63. The number of phenolic OH excluding ortho intramolecular Hbond substituents is 1. The van der Waals surface area contributed by atoms with Crippen molar-refractivity contribution in [3.05, 3.63) is 78.4 Å². The van der Waals surface area contributed by atoms with Crippen LogP contribution in [-0.4, -0.2) is 21.4 Å². The number of hydrogen-bond acceptors (Lipinski definition) is 4. The zero-order valence-corrected chi connectivity index (χ0v) is 15.1. The molecule has 0 amide bonds. The molecule has 1 aromatic heterocycles. The van der Waals surface area contributed by atoms with Gasteiger partial charge in [-0.3, -0.25) is 5.43 Å². The summed E-state index contributed by atoms with van der Waals surface area (Å²) in [6, 6.07) is 22.9. The van der Waals surface area contributed by atoms with Crippen LogP contribution in [0.3, 0.4) is 0 Å². The highest BCUT2D eigenvalue weighted by Gasteiger charge is 2.06. The van der Waals surface area contributed by atoms with E-state index in [0.29, 0.717) is 10.7 Å². The van der Waals surface area contributed by atoms with Crippen molar-refractivity contribution in [3.8, 4) is 5.75 Å². The van der Waals surface area contributed by atoms with Crippen molar-refractivity contribution < 1.29 is 5.11 Å². The van der Waals surface area contributed by atoms with Gasteiger partial charge in [-0.25, -0.2) is 4.98 Å². The van der Waals surface area contributed by atoms with E-state index in [9.17, 15) is 5.11 Å². The maximum absolute atomic E-state index is 9.74. The van der Waals surface area contributed by atoms with Gasteiger partial charge in [-0.2, -0.15) is 5.10 Å². The highest BCUT2D eigenvalue weighted by molar-refractivity contribution is 7.80. The van der Waals surface area contributed by atoms with E-state index in [1.165, 1.54) is 6.21 Å². The minimum absolute atomic E-state index is 0.159. The van der Waals surface area contributed by atoms with Crippen LogP contribution in [-0.2, 0) is 0 Å². The molecule has 1 heterocycles. The summed E-state index contributed by atoms with van der Waals surface area (Å²) < 4.78 is 0. The van der Waals surface area contributed by atoms with Crippen molar-refractivity contribution in [1.29, 1.82) is 0 Å². The van der Waals surface area contributed by atoms with E-state index in [1.54, 1.807) is 18.2 Å². The number of aromatic hydroxyl groups is 1. The molecule has 3 aromatic carbocycles. The molecule has 0 spiro atoms. The zero-order chi connectivity index (χ0) is 18.6. The van der Waals surface area contributed by atoms with Crippen LogP contribution in [0, 0.1) is 0 Å². The summed E-state index contributed by atoms with van der Waals surface area (Å²) in [6.45, 7) is 0. The Labute approximate surface area is 161 Å². The maximum atomic E-state index is 9.74. The first-order chi connectivity index (χ1) is 13.2. The largest absolute Gasteiger partial charge is 0.507 e. The first-order valence-electron chi connectivity index (χ1n) is 8.37. The summed E-state index contributed by atoms with van der Waals surface area (Å²) in [5.41, 5.74) is 5.93. The number of nitrogens with zero attached hydrogens (tertiary/aromatic N) is 2. The van der Waals surface area contributed by atoms with Gasteiger partial charge < -0.3 is 10.4 Å². The fourth-order valence-corrected chi connectivity index (χ4v) is 2.97. The molecule has 5 nitrogen and oxygen atoms in total. The Morgan fingerprint density at radius 1 is 0.963 bits per heavy atom. The molecule has 132 valence electrons.